The number of hydrogen-bond acceptors (Lipinski definition) is 5. The third-order valence-corrected chi connectivity index (χ3v) is 7.91. The molecule has 2 unspecified atom stereocenters. The van der Waals surface area contributed by atoms with Gasteiger partial charge in [0.15, 0.2) is 5.78 Å². The fraction of sp³-hybridized carbons (Fsp3) is 0.357. The monoisotopic (exact) mass is 474 g/mol. The molecule has 0 saturated heterocycles. The molecule has 5 nitrogen and oxygen atoms in total. The predicted molar refractivity (Wildman–Crippen MR) is 136 cm³/mol. The molecule has 2 aliphatic rings. The van der Waals surface area contributed by atoms with E-state index in [1.807, 2.05) is 63.7 Å². The van der Waals surface area contributed by atoms with Gasteiger partial charge < -0.3 is 14.9 Å². The van der Waals surface area contributed by atoms with Crippen LogP contribution in [0.3, 0.4) is 0 Å². The Kier molecular flexibility index (Phi) is 6.53. The zero-order valence-electron chi connectivity index (χ0n) is 19.4. The minimum Gasteiger partial charge on any atom is -0.373 e. The standard InChI is InChI=1S/C28H30N2O3S/c1-19(31)20-9-7-12-22(17-20)30(26(32)18-23-13-8-16-34-23)27-24-14-5-6-15-25(24)29(28(27)33)21-10-3-2-4-11-21/h5-9,12-17,21,26-27,32H,2-4,10-11,18H2,1H3. The lowest BCUT2D eigenvalue weighted by molar-refractivity contribution is -0.120. The summed E-state index contributed by atoms with van der Waals surface area (Å²) < 4.78 is 0. The molecule has 5 rings (SSSR count). The Morgan fingerprint density at radius 2 is 1.88 bits per heavy atom. The summed E-state index contributed by atoms with van der Waals surface area (Å²) in [5, 5.41) is 13.5. The van der Waals surface area contributed by atoms with Gasteiger partial charge in [-0.3, -0.25) is 9.59 Å². The van der Waals surface area contributed by atoms with Crippen LogP contribution in [0, 0.1) is 0 Å². The third kappa shape index (κ3) is 4.28. The van der Waals surface area contributed by atoms with Gasteiger partial charge in [0.2, 0.25) is 0 Å². The Balaban J connectivity index is 1.59. The number of ketones is 1. The summed E-state index contributed by atoms with van der Waals surface area (Å²) in [7, 11) is 0. The van der Waals surface area contributed by atoms with E-state index in [-0.39, 0.29) is 17.7 Å². The molecule has 2 heterocycles. The fourth-order valence-electron chi connectivity index (χ4n) is 5.39. The molecule has 176 valence electrons. The molecule has 1 aliphatic carbocycles. The second-order valence-electron chi connectivity index (χ2n) is 9.24. The van der Waals surface area contributed by atoms with E-state index >= 15 is 0 Å². The number of aliphatic hydroxyl groups excluding tert-OH is 1. The number of rotatable bonds is 7. The van der Waals surface area contributed by atoms with Crippen LogP contribution in [0.1, 0.15) is 65.9 Å². The van der Waals surface area contributed by atoms with Crippen LogP contribution in [0.5, 0.6) is 0 Å². The van der Waals surface area contributed by atoms with Crippen molar-refractivity contribution in [2.45, 2.75) is 63.8 Å². The van der Waals surface area contributed by atoms with Crippen LogP contribution < -0.4 is 9.80 Å². The van der Waals surface area contributed by atoms with Crippen molar-refractivity contribution in [3.8, 4) is 0 Å². The lowest BCUT2D eigenvalue weighted by Crippen LogP contribution is -2.47. The Morgan fingerprint density at radius 3 is 2.62 bits per heavy atom. The van der Waals surface area contributed by atoms with Crippen LogP contribution in [0.15, 0.2) is 66.0 Å². The van der Waals surface area contributed by atoms with Crippen LogP contribution >= 0.6 is 11.3 Å². The minimum atomic E-state index is -0.922. The number of anilines is 2. The van der Waals surface area contributed by atoms with Gasteiger partial charge in [-0.15, -0.1) is 11.3 Å². The first-order valence-corrected chi connectivity index (χ1v) is 12.9. The first-order chi connectivity index (χ1) is 16.5. The molecule has 1 fully saturated rings. The van der Waals surface area contributed by atoms with Gasteiger partial charge in [-0.05, 0) is 49.4 Å². The summed E-state index contributed by atoms with van der Waals surface area (Å²) in [4.78, 5) is 31.1. The smallest absolute Gasteiger partial charge is 0.254 e. The van der Waals surface area contributed by atoms with Crippen molar-refractivity contribution >= 4 is 34.4 Å². The Labute approximate surface area is 204 Å². The van der Waals surface area contributed by atoms with Crippen molar-refractivity contribution in [1.29, 1.82) is 0 Å². The summed E-state index contributed by atoms with van der Waals surface area (Å²) in [6.45, 7) is 1.53. The van der Waals surface area contributed by atoms with Gasteiger partial charge in [-0.1, -0.05) is 55.7 Å². The Morgan fingerprint density at radius 1 is 1.09 bits per heavy atom. The maximum Gasteiger partial charge on any atom is 0.254 e. The molecule has 1 saturated carbocycles. The molecule has 6 heteroatoms. The maximum atomic E-state index is 14.1. The van der Waals surface area contributed by atoms with Crippen LogP contribution in [-0.2, 0) is 11.2 Å². The summed E-state index contributed by atoms with van der Waals surface area (Å²) in [6.07, 6.45) is 4.97. The van der Waals surface area contributed by atoms with E-state index in [9.17, 15) is 14.7 Å². The van der Waals surface area contributed by atoms with E-state index in [0.29, 0.717) is 17.7 Å². The van der Waals surface area contributed by atoms with E-state index in [4.69, 9.17) is 0 Å². The number of aliphatic hydroxyl groups is 1. The van der Waals surface area contributed by atoms with Gasteiger partial charge in [-0.25, -0.2) is 0 Å². The maximum absolute atomic E-state index is 14.1. The average Bonchev–Trinajstić information content (AvgIpc) is 3.46. The van der Waals surface area contributed by atoms with Crippen molar-refractivity contribution in [2.24, 2.45) is 0 Å². The summed E-state index contributed by atoms with van der Waals surface area (Å²) in [5.41, 5.74) is 3.10. The highest BCUT2D eigenvalue weighted by Crippen LogP contribution is 2.45. The highest BCUT2D eigenvalue weighted by molar-refractivity contribution is 7.09. The normalized spacial score (nSPS) is 19.2. The molecule has 1 N–H and O–H groups in total. The molecular weight excluding hydrogens is 444 g/mol. The molecule has 2 atom stereocenters. The van der Waals surface area contributed by atoms with E-state index in [1.54, 1.807) is 23.5 Å². The number of carbonyl (C=O) groups is 2. The second-order valence-corrected chi connectivity index (χ2v) is 10.3. The molecule has 0 spiro atoms. The number of para-hydroxylation sites is 1. The molecule has 1 aliphatic heterocycles. The van der Waals surface area contributed by atoms with E-state index < -0.39 is 12.3 Å². The first kappa shape index (κ1) is 22.8. The zero-order chi connectivity index (χ0) is 23.7. The van der Waals surface area contributed by atoms with Gasteiger partial charge in [0.1, 0.15) is 12.3 Å². The largest absolute Gasteiger partial charge is 0.373 e. The summed E-state index contributed by atoms with van der Waals surface area (Å²) in [5.74, 6) is -0.0388. The predicted octanol–water partition coefficient (Wildman–Crippen LogP) is 5.74. The number of fused-ring (bicyclic) bond motifs is 1. The molecule has 0 bridgehead atoms. The Bertz CT molecular complexity index is 1170. The van der Waals surface area contributed by atoms with E-state index in [2.05, 4.69) is 0 Å². The van der Waals surface area contributed by atoms with Crippen LogP contribution in [0.2, 0.25) is 0 Å². The average molecular weight is 475 g/mol. The number of benzene rings is 2. The number of carbonyl (C=O) groups excluding carboxylic acids is 2. The van der Waals surface area contributed by atoms with Gasteiger partial charge in [0.05, 0.1) is 0 Å². The molecule has 1 aromatic heterocycles. The fourth-order valence-corrected chi connectivity index (χ4v) is 6.13. The Hall–Kier alpha value is -2.96. The molecule has 2 aromatic carbocycles. The van der Waals surface area contributed by atoms with Crippen LogP contribution in [0.4, 0.5) is 11.4 Å². The topological polar surface area (TPSA) is 60.9 Å². The summed E-state index contributed by atoms with van der Waals surface area (Å²) >= 11 is 1.59. The number of Topliss-reactive ketones (excluding diaryl/α,β-unsaturated/α-hetero) is 1. The number of thiophene rings is 1. The lowest BCUT2D eigenvalue weighted by Gasteiger charge is -2.36. The van der Waals surface area contributed by atoms with Crippen LogP contribution in [0.25, 0.3) is 0 Å². The molecule has 3 aromatic rings. The van der Waals surface area contributed by atoms with Crippen molar-refractivity contribution in [3.05, 3.63) is 82.0 Å². The van der Waals surface area contributed by atoms with E-state index in [1.165, 1.54) is 13.3 Å². The third-order valence-electron chi connectivity index (χ3n) is 7.02. The van der Waals surface area contributed by atoms with Crippen molar-refractivity contribution < 1.29 is 14.7 Å². The molecular formula is C28H30N2O3S. The zero-order valence-corrected chi connectivity index (χ0v) is 20.2. The quantitative estimate of drug-likeness (QED) is 0.350. The van der Waals surface area contributed by atoms with E-state index in [0.717, 1.165) is 41.8 Å². The van der Waals surface area contributed by atoms with Crippen LogP contribution in [-0.4, -0.2) is 29.1 Å². The van der Waals surface area contributed by atoms with Gasteiger partial charge in [0.25, 0.3) is 5.91 Å². The molecule has 0 radical (unpaired) electrons. The van der Waals surface area contributed by atoms with Gasteiger partial charge in [-0.2, -0.15) is 0 Å². The number of hydrogen-bond donors (Lipinski definition) is 1. The van der Waals surface area contributed by atoms with Gasteiger partial charge >= 0.3 is 0 Å². The lowest BCUT2D eigenvalue weighted by atomic mass is 9.94. The first-order valence-electron chi connectivity index (χ1n) is 12.1. The second kappa shape index (κ2) is 9.72. The summed E-state index contributed by atoms with van der Waals surface area (Å²) in [6, 6.07) is 18.7. The van der Waals surface area contributed by atoms with Crippen molar-refractivity contribution in [2.75, 3.05) is 9.80 Å². The highest BCUT2D eigenvalue weighted by atomic mass is 32.1. The molecule has 1 amide bonds. The van der Waals surface area contributed by atoms with Crippen molar-refractivity contribution in [1.82, 2.24) is 0 Å². The van der Waals surface area contributed by atoms with Gasteiger partial charge in [0, 0.05) is 39.8 Å². The van der Waals surface area contributed by atoms with Crippen molar-refractivity contribution in [3.63, 3.8) is 0 Å². The minimum absolute atomic E-state index is 0.00607. The number of nitrogens with zero attached hydrogens (tertiary/aromatic N) is 2. The highest BCUT2D eigenvalue weighted by Gasteiger charge is 2.45. The SMILES string of the molecule is CC(=O)c1cccc(N(C(O)Cc2cccs2)C2C(=O)N(C3CCCCC3)c3ccccc32)c1. The molecule has 34 heavy (non-hydrogen) atoms. The number of amides is 1.